The number of nitrogens with zero attached hydrogens (tertiary/aromatic N) is 4. The molecule has 0 amide bonds. The lowest BCUT2D eigenvalue weighted by Crippen LogP contribution is -2.48. The third-order valence-electron chi connectivity index (χ3n) is 6.65. The van der Waals surface area contributed by atoms with Gasteiger partial charge in [0, 0.05) is 36.2 Å². The summed E-state index contributed by atoms with van der Waals surface area (Å²) in [4.78, 5) is 5.98. The largest absolute Gasteiger partial charge is 0.417 e. The van der Waals surface area contributed by atoms with Crippen LogP contribution in [0.1, 0.15) is 36.5 Å². The first-order valence-electron chi connectivity index (χ1n) is 11.4. The Morgan fingerprint density at radius 1 is 1.23 bits per heavy atom. The van der Waals surface area contributed by atoms with Crippen molar-refractivity contribution in [1.82, 2.24) is 9.55 Å². The maximum Gasteiger partial charge on any atom is 0.417 e. The highest BCUT2D eigenvalue weighted by Crippen LogP contribution is 2.42. The summed E-state index contributed by atoms with van der Waals surface area (Å²) >= 11 is 0. The van der Waals surface area contributed by atoms with E-state index >= 15 is 0 Å². The SMILES string of the molecule is CN(c1ccc(C#N)c(C(F)(F)F)c1)C1C=C(n2ccnc2)CCC1(C)COCc1ccccc1. The molecule has 0 fully saturated rings. The molecule has 2 atom stereocenters. The third-order valence-corrected chi connectivity index (χ3v) is 6.65. The van der Waals surface area contributed by atoms with E-state index in [9.17, 15) is 18.4 Å². The van der Waals surface area contributed by atoms with Crippen molar-refractivity contribution in [2.75, 3.05) is 18.6 Å². The molecule has 0 saturated heterocycles. The van der Waals surface area contributed by atoms with Gasteiger partial charge in [-0.1, -0.05) is 37.3 Å². The fourth-order valence-electron chi connectivity index (χ4n) is 4.63. The first kappa shape index (κ1) is 24.6. The second kappa shape index (κ2) is 9.96. The number of imidazole rings is 1. The molecule has 3 aromatic rings. The zero-order chi connectivity index (χ0) is 25.1. The molecule has 1 aliphatic rings. The van der Waals surface area contributed by atoms with Crippen molar-refractivity contribution in [2.45, 2.75) is 38.6 Å². The van der Waals surface area contributed by atoms with Gasteiger partial charge in [-0.25, -0.2) is 4.98 Å². The summed E-state index contributed by atoms with van der Waals surface area (Å²) in [5, 5.41) is 9.18. The van der Waals surface area contributed by atoms with Gasteiger partial charge in [-0.05, 0) is 42.7 Å². The molecule has 2 aromatic carbocycles. The average molecular weight is 481 g/mol. The third kappa shape index (κ3) is 5.41. The molecule has 1 heterocycles. The van der Waals surface area contributed by atoms with Gasteiger partial charge < -0.3 is 14.2 Å². The molecular formula is C27H27F3N4O. The summed E-state index contributed by atoms with van der Waals surface area (Å²) in [5.74, 6) is 0. The average Bonchev–Trinajstić information content (AvgIpc) is 3.38. The molecule has 1 aromatic heterocycles. The number of nitriles is 1. The number of benzene rings is 2. The summed E-state index contributed by atoms with van der Waals surface area (Å²) in [6.45, 7) is 3.00. The summed E-state index contributed by atoms with van der Waals surface area (Å²) in [7, 11) is 1.79. The Bertz CT molecular complexity index is 1220. The zero-order valence-corrected chi connectivity index (χ0v) is 19.7. The Balaban J connectivity index is 1.66. The van der Waals surface area contributed by atoms with Gasteiger partial charge in [0.2, 0.25) is 0 Å². The number of hydrogen-bond donors (Lipinski definition) is 0. The molecule has 0 N–H and O–H groups in total. The van der Waals surface area contributed by atoms with Gasteiger partial charge in [-0.2, -0.15) is 18.4 Å². The van der Waals surface area contributed by atoms with Gasteiger partial charge >= 0.3 is 6.18 Å². The van der Waals surface area contributed by atoms with Crippen molar-refractivity contribution in [2.24, 2.45) is 5.41 Å². The van der Waals surface area contributed by atoms with Gasteiger partial charge in [-0.15, -0.1) is 0 Å². The molecule has 1 aliphatic carbocycles. The van der Waals surface area contributed by atoms with Crippen LogP contribution in [0.2, 0.25) is 0 Å². The van der Waals surface area contributed by atoms with Crippen LogP contribution in [-0.2, 0) is 17.5 Å². The Kier molecular flexibility index (Phi) is 6.99. The van der Waals surface area contributed by atoms with Crippen LogP contribution in [-0.4, -0.2) is 29.2 Å². The Hall–Kier alpha value is -3.57. The summed E-state index contributed by atoms with van der Waals surface area (Å²) in [5.41, 5.74) is 0.805. The van der Waals surface area contributed by atoms with E-state index in [0.29, 0.717) is 18.9 Å². The zero-order valence-electron chi connectivity index (χ0n) is 19.7. The van der Waals surface area contributed by atoms with Crippen LogP contribution in [0, 0.1) is 16.7 Å². The lowest BCUT2D eigenvalue weighted by Gasteiger charge is -2.45. The van der Waals surface area contributed by atoms with Crippen molar-refractivity contribution >= 4 is 11.4 Å². The minimum absolute atomic E-state index is 0.251. The Morgan fingerprint density at radius 2 is 2.00 bits per heavy atom. The van der Waals surface area contributed by atoms with Crippen molar-refractivity contribution in [3.8, 4) is 6.07 Å². The van der Waals surface area contributed by atoms with Gasteiger partial charge in [-0.3, -0.25) is 0 Å². The maximum absolute atomic E-state index is 13.6. The molecule has 2 unspecified atom stereocenters. The highest BCUT2D eigenvalue weighted by atomic mass is 19.4. The highest BCUT2D eigenvalue weighted by Gasteiger charge is 2.40. The summed E-state index contributed by atoms with van der Waals surface area (Å²) < 4.78 is 49.0. The molecule has 5 nitrogen and oxygen atoms in total. The number of alkyl halides is 3. The fourth-order valence-corrected chi connectivity index (χ4v) is 4.63. The maximum atomic E-state index is 13.6. The lowest BCUT2D eigenvalue weighted by atomic mass is 9.73. The standard InChI is InChI=1S/C27H27F3N4O/c1-26(18-35-17-20-6-4-3-5-7-20)11-10-23(34-13-12-32-19-34)15-25(26)33(2)22-9-8-21(16-31)24(14-22)27(28,29)30/h3-9,12-15,19,25H,10-11,17-18H2,1-2H3. The minimum atomic E-state index is -4.62. The molecule has 35 heavy (non-hydrogen) atoms. The predicted molar refractivity (Wildman–Crippen MR) is 128 cm³/mol. The first-order chi connectivity index (χ1) is 16.7. The highest BCUT2D eigenvalue weighted by molar-refractivity contribution is 5.58. The molecule has 8 heteroatoms. The summed E-state index contributed by atoms with van der Waals surface area (Å²) in [6.07, 6.45) is 4.32. The van der Waals surface area contributed by atoms with Crippen LogP contribution < -0.4 is 4.90 Å². The van der Waals surface area contributed by atoms with E-state index in [2.05, 4.69) is 18.0 Å². The Morgan fingerprint density at radius 3 is 2.66 bits per heavy atom. The van der Waals surface area contributed by atoms with Crippen molar-refractivity contribution in [1.29, 1.82) is 5.26 Å². The van der Waals surface area contributed by atoms with E-state index in [1.807, 2.05) is 46.0 Å². The van der Waals surface area contributed by atoms with E-state index in [1.165, 1.54) is 6.07 Å². The Labute approximate surface area is 203 Å². The summed E-state index contributed by atoms with van der Waals surface area (Å²) in [6, 6.07) is 15.1. The van der Waals surface area contributed by atoms with E-state index < -0.39 is 11.7 Å². The molecule has 182 valence electrons. The van der Waals surface area contributed by atoms with Crippen LogP contribution in [0.3, 0.4) is 0 Å². The molecular weight excluding hydrogens is 453 g/mol. The molecule has 0 bridgehead atoms. The predicted octanol–water partition coefficient (Wildman–Crippen LogP) is 6.14. The molecule has 0 radical (unpaired) electrons. The van der Waals surface area contributed by atoms with Crippen LogP contribution >= 0.6 is 0 Å². The molecule has 0 saturated carbocycles. The number of ether oxygens (including phenoxy) is 1. The number of halogens is 3. The molecule has 0 spiro atoms. The van der Waals surface area contributed by atoms with Gasteiger partial charge in [0.25, 0.3) is 0 Å². The van der Waals surface area contributed by atoms with E-state index in [0.717, 1.165) is 30.2 Å². The van der Waals surface area contributed by atoms with Gasteiger partial charge in [0.05, 0.1) is 42.8 Å². The van der Waals surface area contributed by atoms with Crippen LogP contribution in [0.15, 0.2) is 73.3 Å². The van der Waals surface area contributed by atoms with Crippen LogP contribution in [0.5, 0.6) is 0 Å². The number of anilines is 1. The lowest BCUT2D eigenvalue weighted by molar-refractivity contribution is -0.137. The van der Waals surface area contributed by atoms with E-state index in [1.54, 1.807) is 31.7 Å². The van der Waals surface area contributed by atoms with Crippen LogP contribution in [0.4, 0.5) is 18.9 Å². The number of likely N-dealkylation sites (N-methyl/N-ethyl adjacent to an activating group) is 1. The minimum Gasteiger partial charge on any atom is -0.376 e. The second-order valence-electron chi connectivity index (χ2n) is 9.16. The normalized spacial score (nSPS) is 20.2. The quantitative estimate of drug-likeness (QED) is 0.408. The van der Waals surface area contributed by atoms with Crippen molar-refractivity contribution in [3.05, 3.63) is 90.0 Å². The molecule has 0 aliphatic heterocycles. The van der Waals surface area contributed by atoms with Crippen molar-refractivity contribution < 1.29 is 17.9 Å². The smallest absolute Gasteiger partial charge is 0.376 e. The van der Waals surface area contributed by atoms with Gasteiger partial charge in [0.1, 0.15) is 0 Å². The van der Waals surface area contributed by atoms with E-state index in [4.69, 9.17) is 4.74 Å². The van der Waals surface area contributed by atoms with Crippen molar-refractivity contribution in [3.63, 3.8) is 0 Å². The number of allylic oxidation sites excluding steroid dienone is 1. The second-order valence-corrected chi connectivity index (χ2v) is 9.16. The van der Waals surface area contributed by atoms with E-state index in [-0.39, 0.29) is 17.0 Å². The number of hydrogen-bond acceptors (Lipinski definition) is 4. The number of rotatable bonds is 7. The monoisotopic (exact) mass is 480 g/mol. The topological polar surface area (TPSA) is 54.1 Å². The fraction of sp³-hybridized carbons (Fsp3) is 0.333. The first-order valence-corrected chi connectivity index (χ1v) is 11.4. The molecule has 4 rings (SSSR count). The van der Waals surface area contributed by atoms with Gasteiger partial charge in [0.15, 0.2) is 0 Å². The van der Waals surface area contributed by atoms with Crippen LogP contribution in [0.25, 0.3) is 5.70 Å². The number of aromatic nitrogens is 2.